The lowest BCUT2D eigenvalue weighted by Crippen LogP contribution is -2.02. The average molecular weight is 322 g/mol. The molecule has 0 heterocycles. The molecule has 0 aliphatic heterocycles. The molecule has 0 saturated carbocycles. The molecule has 0 aliphatic rings. The number of halogens is 1. The van der Waals surface area contributed by atoms with Gasteiger partial charge in [-0.3, -0.25) is 0 Å². The van der Waals surface area contributed by atoms with E-state index in [1.54, 1.807) is 24.3 Å². The Bertz CT molecular complexity index is 842. The summed E-state index contributed by atoms with van der Waals surface area (Å²) in [5, 5.41) is 12.3. The van der Waals surface area contributed by atoms with Gasteiger partial charge in [0.2, 0.25) is 0 Å². The topological polar surface area (TPSA) is 96.0 Å². The summed E-state index contributed by atoms with van der Waals surface area (Å²) in [6.45, 7) is 0. The lowest BCUT2D eigenvalue weighted by Gasteiger charge is -2.12. The van der Waals surface area contributed by atoms with Gasteiger partial charge in [-0.05, 0) is 36.4 Å². The van der Waals surface area contributed by atoms with Gasteiger partial charge in [0, 0.05) is 6.26 Å². The number of benzene rings is 2. The molecule has 2 aromatic carbocycles. The third-order valence-electron chi connectivity index (χ3n) is 2.82. The fourth-order valence-corrected chi connectivity index (χ4v) is 2.54. The Labute approximate surface area is 127 Å². The maximum absolute atomic E-state index is 11.5. The Morgan fingerprint density at radius 1 is 1.19 bits per heavy atom. The van der Waals surface area contributed by atoms with Crippen molar-refractivity contribution in [2.24, 2.45) is 0 Å². The Balaban J connectivity index is 2.39. The van der Waals surface area contributed by atoms with Gasteiger partial charge >= 0.3 is 0 Å². The molecule has 0 fully saturated rings. The molecule has 2 aromatic rings. The Hall–Kier alpha value is -2.23. The minimum atomic E-state index is -3.31. The number of hydrogen-bond acceptors (Lipinski definition) is 5. The third kappa shape index (κ3) is 3.45. The first-order valence-electron chi connectivity index (χ1n) is 5.87. The molecular weight excluding hydrogens is 310 g/mol. The molecule has 0 spiro atoms. The van der Waals surface area contributed by atoms with Crippen molar-refractivity contribution in [2.75, 3.05) is 17.3 Å². The van der Waals surface area contributed by atoms with E-state index in [4.69, 9.17) is 22.6 Å². The van der Waals surface area contributed by atoms with Crippen LogP contribution in [0.15, 0.2) is 41.3 Å². The van der Waals surface area contributed by atoms with Crippen molar-refractivity contribution in [1.29, 1.82) is 5.26 Å². The standard InChI is InChI=1S/C14H12ClN3O2S/c1-21(19,20)10-3-5-13(12(17)7-10)18-14-6-9(8-16)2-4-11(14)15/h2-7,18H,17H2,1H3. The lowest BCUT2D eigenvalue weighted by atomic mass is 10.2. The van der Waals surface area contributed by atoms with E-state index in [0.29, 0.717) is 22.0 Å². The summed E-state index contributed by atoms with van der Waals surface area (Å²) in [5.74, 6) is 0. The predicted molar refractivity (Wildman–Crippen MR) is 83.4 cm³/mol. The molecular formula is C14H12ClN3O2S. The monoisotopic (exact) mass is 321 g/mol. The van der Waals surface area contributed by atoms with Crippen LogP contribution in [0.5, 0.6) is 0 Å². The number of anilines is 3. The summed E-state index contributed by atoms with van der Waals surface area (Å²) in [6, 6.07) is 11.2. The summed E-state index contributed by atoms with van der Waals surface area (Å²) in [5.41, 5.74) is 7.61. The molecule has 108 valence electrons. The molecule has 0 unspecified atom stereocenters. The Morgan fingerprint density at radius 3 is 2.48 bits per heavy atom. The summed E-state index contributed by atoms with van der Waals surface area (Å²) in [4.78, 5) is 0.141. The number of rotatable bonds is 3. The van der Waals surface area contributed by atoms with Crippen LogP contribution in [0.4, 0.5) is 17.1 Å². The second-order valence-electron chi connectivity index (χ2n) is 4.45. The highest BCUT2D eigenvalue weighted by Gasteiger charge is 2.10. The normalized spacial score (nSPS) is 10.9. The van der Waals surface area contributed by atoms with Crippen molar-refractivity contribution in [3.8, 4) is 6.07 Å². The van der Waals surface area contributed by atoms with E-state index in [9.17, 15) is 8.42 Å². The van der Waals surface area contributed by atoms with Crippen molar-refractivity contribution in [3.05, 3.63) is 47.0 Å². The minimum Gasteiger partial charge on any atom is -0.397 e. The first kappa shape index (κ1) is 15.2. The van der Waals surface area contributed by atoms with Crippen LogP contribution >= 0.6 is 11.6 Å². The fraction of sp³-hybridized carbons (Fsp3) is 0.0714. The van der Waals surface area contributed by atoms with E-state index in [-0.39, 0.29) is 10.6 Å². The van der Waals surface area contributed by atoms with E-state index in [0.717, 1.165) is 6.26 Å². The van der Waals surface area contributed by atoms with Gasteiger partial charge in [-0.2, -0.15) is 5.26 Å². The predicted octanol–water partition coefficient (Wildman–Crippen LogP) is 2.94. The van der Waals surface area contributed by atoms with Crippen molar-refractivity contribution in [1.82, 2.24) is 0 Å². The number of sulfone groups is 1. The second-order valence-corrected chi connectivity index (χ2v) is 6.88. The maximum atomic E-state index is 11.5. The molecule has 0 atom stereocenters. The zero-order chi connectivity index (χ0) is 15.6. The summed E-state index contributed by atoms with van der Waals surface area (Å²) in [6.07, 6.45) is 1.11. The largest absolute Gasteiger partial charge is 0.397 e. The van der Waals surface area contributed by atoms with E-state index in [1.165, 1.54) is 12.1 Å². The van der Waals surface area contributed by atoms with Crippen LogP contribution in [0.25, 0.3) is 0 Å². The Kier molecular flexibility index (Phi) is 4.07. The fourth-order valence-electron chi connectivity index (χ4n) is 1.72. The Morgan fingerprint density at radius 2 is 1.90 bits per heavy atom. The molecule has 0 aliphatic carbocycles. The van der Waals surface area contributed by atoms with Crippen LogP contribution in [0, 0.1) is 11.3 Å². The van der Waals surface area contributed by atoms with Crippen LogP contribution in [0.3, 0.4) is 0 Å². The van der Waals surface area contributed by atoms with Gasteiger partial charge in [-0.25, -0.2) is 8.42 Å². The van der Waals surface area contributed by atoms with Crippen LogP contribution in [-0.4, -0.2) is 14.7 Å². The summed E-state index contributed by atoms with van der Waals surface area (Å²) in [7, 11) is -3.31. The molecule has 0 aromatic heterocycles. The van der Waals surface area contributed by atoms with Crippen molar-refractivity contribution in [3.63, 3.8) is 0 Å². The van der Waals surface area contributed by atoms with Crippen LogP contribution in [0.2, 0.25) is 5.02 Å². The quantitative estimate of drug-likeness (QED) is 0.847. The van der Waals surface area contributed by atoms with Gasteiger partial charge < -0.3 is 11.1 Å². The van der Waals surface area contributed by atoms with Gasteiger partial charge in [0.05, 0.1) is 38.6 Å². The highest BCUT2D eigenvalue weighted by atomic mass is 35.5. The number of nitrogens with zero attached hydrogens (tertiary/aromatic N) is 1. The zero-order valence-corrected chi connectivity index (χ0v) is 12.7. The summed E-state index contributed by atoms with van der Waals surface area (Å²) >= 11 is 6.05. The second kappa shape index (κ2) is 5.64. The number of nitrogens with two attached hydrogens (primary N) is 1. The van der Waals surface area contributed by atoms with E-state index in [1.807, 2.05) is 6.07 Å². The molecule has 0 amide bonds. The molecule has 7 heteroatoms. The van der Waals surface area contributed by atoms with Crippen LogP contribution < -0.4 is 11.1 Å². The molecule has 21 heavy (non-hydrogen) atoms. The molecule has 2 rings (SSSR count). The number of nitrogen functional groups attached to an aromatic ring is 1. The number of nitriles is 1. The lowest BCUT2D eigenvalue weighted by molar-refractivity contribution is 0.602. The average Bonchev–Trinajstić information content (AvgIpc) is 2.42. The molecule has 5 nitrogen and oxygen atoms in total. The maximum Gasteiger partial charge on any atom is 0.175 e. The zero-order valence-electron chi connectivity index (χ0n) is 11.1. The molecule has 3 N–H and O–H groups in total. The molecule has 0 saturated heterocycles. The van der Waals surface area contributed by atoms with Crippen LogP contribution in [0.1, 0.15) is 5.56 Å². The van der Waals surface area contributed by atoms with E-state index in [2.05, 4.69) is 5.32 Å². The van der Waals surface area contributed by atoms with Gasteiger partial charge in [0.1, 0.15) is 0 Å². The number of nitrogens with one attached hydrogen (secondary N) is 1. The molecule has 0 radical (unpaired) electrons. The summed E-state index contributed by atoms with van der Waals surface area (Å²) < 4.78 is 22.9. The van der Waals surface area contributed by atoms with Gasteiger partial charge in [0.25, 0.3) is 0 Å². The number of hydrogen-bond donors (Lipinski definition) is 2. The van der Waals surface area contributed by atoms with Crippen LogP contribution in [-0.2, 0) is 9.84 Å². The van der Waals surface area contributed by atoms with E-state index < -0.39 is 9.84 Å². The van der Waals surface area contributed by atoms with Gasteiger partial charge in [-0.1, -0.05) is 11.6 Å². The van der Waals surface area contributed by atoms with Crippen molar-refractivity contribution >= 4 is 38.5 Å². The molecule has 0 bridgehead atoms. The highest BCUT2D eigenvalue weighted by molar-refractivity contribution is 7.90. The first-order valence-corrected chi connectivity index (χ1v) is 8.14. The van der Waals surface area contributed by atoms with Crippen molar-refractivity contribution < 1.29 is 8.42 Å². The first-order chi connectivity index (χ1) is 9.81. The highest BCUT2D eigenvalue weighted by Crippen LogP contribution is 2.30. The smallest absolute Gasteiger partial charge is 0.175 e. The third-order valence-corrected chi connectivity index (χ3v) is 4.26. The minimum absolute atomic E-state index is 0.141. The van der Waals surface area contributed by atoms with Gasteiger partial charge in [0.15, 0.2) is 9.84 Å². The van der Waals surface area contributed by atoms with Gasteiger partial charge in [-0.15, -0.1) is 0 Å². The SMILES string of the molecule is CS(=O)(=O)c1ccc(Nc2cc(C#N)ccc2Cl)c(N)c1. The van der Waals surface area contributed by atoms with Crippen molar-refractivity contribution in [2.45, 2.75) is 4.90 Å². The van der Waals surface area contributed by atoms with E-state index >= 15 is 0 Å².